The quantitative estimate of drug-likeness (QED) is 0.807. The highest BCUT2D eigenvalue weighted by Crippen LogP contribution is 2.31. The molecular formula is C13H15NO3. The minimum Gasteiger partial charge on any atom is -0.478 e. The van der Waals surface area contributed by atoms with Crippen molar-refractivity contribution in [2.75, 3.05) is 11.4 Å². The number of benzene rings is 1. The summed E-state index contributed by atoms with van der Waals surface area (Å²) < 4.78 is 0. The molecule has 1 aliphatic rings. The maximum atomic E-state index is 11.5. The summed E-state index contributed by atoms with van der Waals surface area (Å²) in [5.74, 6) is -0.909. The molecule has 2 rings (SSSR count). The molecule has 0 saturated heterocycles. The Morgan fingerprint density at radius 1 is 1.35 bits per heavy atom. The Hall–Kier alpha value is -1.84. The van der Waals surface area contributed by atoms with E-state index in [1.165, 1.54) is 0 Å². The Labute approximate surface area is 99.9 Å². The number of amides is 1. The Balaban J connectivity index is 2.56. The first-order valence-electron chi connectivity index (χ1n) is 5.65. The standard InChI is InChI=1S/C13H15NO3/c1-8-6-11(13(16)17)7-10-4-3-5-14(9(2)15)12(8)10/h6-7H,3-5H2,1-2H3,(H,16,17). The number of hydrogen-bond acceptors (Lipinski definition) is 2. The highest BCUT2D eigenvalue weighted by Gasteiger charge is 2.23. The Morgan fingerprint density at radius 2 is 2.06 bits per heavy atom. The van der Waals surface area contributed by atoms with Crippen LogP contribution in [0.4, 0.5) is 5.69 Å². The summed E-state index contributed by atoms with van der Waals surface area (Å²) in [6.45, 7) is 4.11. The van der Waals surface area contributed by atoms with E-state index in [2.05, 4.69) is 0 Å². The zero-order chi connectivity index (χ0) is 12.6. The van der Waals surface area contributed by atoms with Gasteiger partial charge in [0.1, 0.15) is 0 Å². The number of aromatic carboxylic acids is 1. The zero-order valence-electron chi connectivity index (χ0n) is 9.99. The average Bonchev–Trinajstić information content (AvgIpc) is 2.27. The molecule has 0 radical (unpaired) electrons. The second kappa shape index (κ2) is 4.20. The molecule has 4 nitrogen and oxygen atoms in total. The van der Waals surface area contributed by atoms with Gasteiger partial charge in [-0.25, -0.2) is 4.79 Å². The third-order valence-corrected chi connectivity index (χ3v) is 3.10. The molecule has 1 amide bonds. The van der Waals surface area contributed by atoms with E-state index in [0.29, 0.717) is 5.56 Å². The van der Waals surface area contributed by atoms with Gasteiger partial charge in [-0.05, 0) is 43.0 Å². The largest absolute Gasteiger partial charge is 0.478 e. The van der Waals surface area contributed by atoms with E-state index in [9.17, 15) is 9.59 Å². The third kappa shape index (κ3) is 2.02. The first-order chi connectivity index (χ1) is 8.00. The van der Waals surface area contributed by atoms with Gasteiger partial charge in [-0.2, -0.15) is 0 Å². The summed E-state index contributed by atoms with van der Waals surface area (Å²) in [7, 11) is 0. The maximum absolute atomic E-state index is 11.5. The minimum absolute atomic E-state index is 0.0112. The highest BCUT2D eigenvalue weighted by molar-refractivity contribution is 5.95. The van der Waals surface area contributed by atoms with Crippen LogP contribution in [0, 0.1) is 6.92 Å². The van der Waals surface area contributed by atoms with Crippen molar-refractivity contribution < 1.29 is 14.7 Å². The van der Waals surface area contributed by atoms with E-state index in [-0.39, 0.29) is 5.91 Å². The van der Waals surface area contributed by atoms with Crippen LogP contribution in [-0.2, 0) is 11.2 Å². The maximum Gasteiger partial charge on any atom is 0.335 e. The van der Waals surface area contributed by atoms with Crippen molar-refractivity contribution in [3.05, 3.63) is 28.8 Å². The molecule has 0 atom stereocenters. The monoisotopic (exact) mass is 233 g/mol. The second-order valence-electron chi connectivity index (χ2n) is 4.38. The lowest BCUT2D eigenvalue weighted by Crippen LogP contribution is -2.34. The molecule has 17 heavy (non-hydrogen) atoms. The molecule has 0 aliphatic carbocycles. The molecule has 0 fully saturated rings. The molecule has 4 heteroatoms. The Kier molecular flexibility index (Phi) is 2.88. The van der Waals surface area contributed by atoms with E-state index >= 15 is 0 Å². The summed E-state index contributed by atoms with van der Waals surface area (Å²) in [4.78, 5) is 24.3. The molecule has 1 aliphatic heterocycles. The number of rotatable bonds is 1. The minimum atomic E-state index is -0.921. The van der Waals surface area contributed by atoms with E-state index in [0.717, 1.165) is 36.2 Å². The predicted octanol–water partition coefficient (Wildman–Crippen LogP) is 1.99. The first-order valence-corrected chi connectivity index (χ1v) is 5.65. The van der Waals surface area contributed by atoms with Gasteiger partial charge in [-0.15, -0.1) is 0 Å². The van der Waals surface area contributed by atoms with Crippen LogP contribution in [0.2, 0.25) is 0 Å². The number of hydrogen-bond donors (Lipinski definition) is 1. The Morgan fingerprint density at radius 3 is 2.65 bits per heavy atom. The molecule has 90 valence electrons. The molecule has 1 N–H and O–H groups in total. The molecule has 0 spiro atoms. The van der Waals surface area contributed by atoms with Crippen LogP contribution in [0.25, 0.3) is 0 Å². The fraction of sp³-hybridized carbons (Fsp3) is 0.385. The third-order valence-electron chi connectivity index (χ3n) is 3.10. The fourth-order valence-electron chi connectivity index (χ4n) is 2.41. The lowest BCUT2D eigenvalue weighted by Gasteiger charge is -2.30. The van der Waals surface area contributed by atoms with Gasteiger partial charge in [0.05, 0.1) is 5.56 Å². The second-order valence-corrected chi connectivity index (χ2v) is 4.38. The summed E-state index contributed by atoms with van der Waals surface area (Å²) in [6, 6.07) is 3.31. The van der Waals surface area contributed by atoms with Gasteiger partial charge < -0.3 is 10.0 Å². The lowest BCUT2D eigenvalue weighted by atomic mass is 9.95. The lowest BCUT2D eigenvalue weighted by molar-refractivity contribution is -0.116. The Bertz CT molecular complexity index is 494. The highest BCUT2D eigenvalue weighted by atomic mass is 16.4. The molecule has 0 unspecified atom stereocenters. The number of carbonyl (C=O) groups excluding carboxylic acids is 1. The topological polar surface area (TPSA) is 57.6 Å². The zero-order valence-corrected chi connectivity index (χ0v) is 9.99. The smallest absolute Gasteiger partial charge is 0.335 e. The van der Waals surface area contributed by atoms with Crippen molar-refractivity contribution in [2.45, 2.75) is 26.7 Å². The van der Waals surface area contributed by atoms with Crippen molar-refractivity contribution in [2.24, 2.45) is 0 Å². The van der Waals surface area contributed by atoms with Crippen molar-refractivity contribution in [3.63, 3.8) is 0 Å². The molecule has 0 aromatic heterocycles. The van der Waals surface area contributed by atoms with Crippen LogP contribution < -0.4 is 4.90 Å². The van der Waals surface area contributed by atoms with Gasteiger partial charge in [0.2, 0.25) is 5.91 Å². The number of carboxylic acids is 1. The van der Waals surface area contributed by atoms with Crippen LogP contribution in [0.1, 0.15) is 34.8 Å². The van der Waals surface area contributed by atoms with Crippen molar-refractivity contribution >= 4 is 17.6 Å². The number of carbonyl (C=O) groups is 2. The molecule has 0 bridgehead atoms. The molecular weight excluding hydrogens is 218 g/mol. The normalized spacial score (nSPS) is 14.4. The van der Waals surface area contributed by atoms with Crippen molar-refractivity contribution in [1.29, 1.82) is 0 Å². The molecule has 1 heterocycles. The summed E-state index contributed by atoms with van der Waals surface area (Å²) in [6.07, 6.45) is 1.72. The first kappa shape index (κ1) is 11.6. The van der Waals surface area contributed by atoms with Gasteiger partial charge in [0.15, 0.2) is 0 Å². The van der Waals surface area contributed by atoms with E-state index in [4.69, 9.17) is 5.11 Å². The number of anilines is 1. The van der Waals surface area contributed by atoms with Gasteiger partial charge in [-0.3, -0.25) is 4.79 Å². The molecule has 1 aromatic carbocycles. The van der Waals surface area contributed by atoms with Crippen molar-refractivity contribution in [3.8, 4) is 0 Å². The van der Waals surface area contributed by atoms with Crippen LogP contribution in [0.3, 0.4) is 0 Å². The van der Waals surface area contributed by atoms with Crippen LogP contribution in [-0.4, -0.2) is 23.5 Å². The van der Waals surface area contributed by atoms with Crippen LogP contribution in [0.5, 0.6) is 0 Å². The number of fused-ring (bicyclic) bond motifs is 1. The SMILES string of the molecule is CC(=O)N1CCCc2cc(C(=O)O)cc(C)c21. The molecule has 1 aromatic rings. The number of carboxylic acid groups (broad SMARTS) is 1. The summed E-state index contributed by atoms with van der Waals surface area (Å²) in [5.41, 5.74) is 3.01. The summed E-state index contributed by atoms with van der Waals surface area (Å²) in [5, 5.41) is 9.01. The fourth-order valence-corrected chi connectivity index (χ4v) is 2.41. The van der Waals surface area contributed by atoms with Crippen LogP contribution in [0.15, 0.2) is 12.1 Å². The average molecular weight is 233 g/mol. The van der Waals surface area contributed by atoms with Crippen LogP contribution >= 0.6 is 0 Å². The predicted molar refractivity (Wildman–Crippen MR) is 64.5 cm³/mol. The van der Waals surface area contributed by atoms with Gasteiger partial charge in [-0.1, -0.05) is 0 Å². The van der Waals surface area contributed by atoms with Gasteiger partial charge in [0, 0.05) is 19.2 Å². The van der Waals surface area contributed by atoms with Crippen molar-refractivity contribution in [1.82, 2.24) is 0 Å². The van der Waals surface area contributed by atoms with E-state index in [1.807, 2.05) is 6.92 Å². The number of aryl methyl sites for hydroxylation is 2. The molecule has 0 saturated carbocycles. The van der Waals surface area contributed by atoms with E-state index in [1.54, 1.807) is 24.0 Å². The van der Waals surface area contributed by atoms with Gasteiger partial charge in [0.25, 0.3) is 0 Å². The number of nitrogens with zero attached hydrogens (tertiary/aromatic N) is 1. The summed E-state index contributed by atoms with van der Waals surface area (Å²) >= 11 is 0. The van der Waals surface area contributed by atoms with Gasteiger partial charge >= 0.3 is 5.97 Å². The van der Waals surface area contributed by atoms with E-state index < -0.39 is 5.97 Å².